The first-order valence-electron chi connectivity index (χ1n) is 16.0. The van der Waals surface area contributed by atoms with Crippen LogP contribution in [-0.4, -0.2) is 0 Å². The number of rotatable bonds is 2. The van der Waals surface area contributed by atoms with Gasteiger partial charge in [-0.25, -0.2) is 0 Å². The van der Waals surface area contributed by atoms with Crippen LogP contribution in [0.2, 0.25) is 0 Å². The Labute approximate surface area is 263 Å². The minimum absolute atomic E-state index is 0.112. The van der Waals surface area contributed by atoms with Crippen LogP contribution in [0.4, 0.5) is 0 Å². The fourth-order valence-electron chi connectivity index (χ4n) is 7.64. The third kappa shape index (κ3) is 3.99. The zero-order valence-electron chi connectivity index (χ0n) is 26.2. The molecule has 0 saturated heterocycles. The van der Waals surface area contributed by atoms with Crippen molar-refractivity contribution < 1.29 is 0 Å². The number of aryl methyl sites for hydroxylation is 1. The summed E-state index contributed by atoms with van der Waals surface area (Å²) in [6.45, 7) is 9.18. The Kier molecular flexibility index (Phi) is 5.48. The van der Waals surface area contributed by atoms with Crippen LogP contribution in [0, 0.1) is 6.92 Å². The average Bonchev–Trinajstić information content (AvgIpc) is 3.06. The highest BCUT2D eigenvalue weighted by Crippen LogP contribution is 2.43. The van der Waals surface area contributed by atoms with E-state index >= 15 is 0 Å². The molecular formula is C45H34. The molecule has 0 nitrogen and oxygen atoms in total. The minimum Gasteiger partial charge on any atom is -0.0616 e. The Hall–Kier alpha value is -5.20. The van der Waals surface area contributed by atoms with Crippen LogP contribution in [-0.2, 0) is 5.41 Å². The molecule has 0 unspecified atom stereocenters. The van der Waals surface area contributed by atoms with Gasteiger partial charge in [0, 0.05) is 0 Å². The van der Waals surface area contributed by atoms with Gasteiger partial charge in [0.2, 0.25) is 0 Å². The average molecular weight is 575 g/mol. The van der Waals surface area contributed by atoms with Gasteiger partial charge in [0.1, 0.15) is 0 Å². The van der Waals surface area contributed by atoms with Gasteiger partial charge >= 0.3 is 0 Å². The number of benzene rings is 9. The van der Waals surface area contributed by atoms with Crippen molar-refractivity contribution in [3.8, 4) is 22.3 Å². The van der Waals surface area contributed by atoms with Crippen molar-refractivity contribution in [2.75, 3.05) is 0 Å². The molecule has 0 aliphatic heterocycles. The largest absolute Gasteiger partial charge is 0.0616 e. The topological polar surface area (TPSA) is 0 Å². The summed E-state index contributed by atoms with van der Waals surface area (Å²) in [6.07, 6.45) is 0. The van der Waals surface area contributed by atoms with Gasteiger partial charge in [0.05, 0.1) is 0 Å². The summed E-state index contributed by atoms with van der Waals surface area (Å²) in [5, 5.41) is 15.8. The Morgan fingerprint density at radius 1 is 0.378 bits per heavy atom. The van der Waals surface area contributed by atoms with E-state index in [1.165, 1.54) is 98.0 Å². The second kappa shape index (κ2) is 9.40. The molecule has 0 heteroatoms. The van der Waals surface area contributed by atoms with Gasteiger partial charge in [0.15, 0.2) is 0 Å². The quantitative estimate of drug-likeness (QED) is 0.180. The number of fused-ring (bicyclic) bond motifs is 4. The maximum Gasteiger partial charge on any atom is -0.00206 e. The molecule has 0 fully saturated rings. The SMILES string of the molecule is Cc1c(-c2ccc3ccc4cc(C(C)(C)C)cc5ccc2c3c45)ccc2cc(-c3ccc4c(ccc5ccccc54)c3)ccc12. The van der Waals surface area contributed by atoms with Crippen molar-refractivity contribution in [1.29, 1.82) is 0 Å². The van der Waals surface area contributed by atoms with E-state index in [0.29, 0.717) is 0 Å². The van der Waals surface area contributed by atoms with Crippen LogP contribution in [0.3, 0.4) is 0 Å². The van der Waals surface area contributed by atoms with Crippen molar-refractivity contribution in [3.63, 3.8) is 0 Å². The van der Waals surface area contributed by atoms with Gasteiger partial charge < -0.3 is 0 Å². The first-order valence-corrected chi connectivity index (χ1v) is 16.0. The fraction of sp³-hybridized carbons (Fsp3) is 0.111. The van der Waals surface area contributed by atoms with E-state index in [4.69, 9.17) is 0 Å². The van der Waals surface area contributed by atoms with Gasteiger partial charge in [-0.1, -0.05) is 142 Å². The number of hydrogen-bond acceptors (Lipinski definition) is 0. The summed E-state index contributed by atoms with van der Waals surface area (Å²) in [6, 6.07) is 50.3. The molecule has 0 spiro atoms. The van der Waals surface area contributed by atoms with Crippen LogP contribution in [0.25, 0.3) is 86.9 Å². The molecule has 0 bridgehead atoms. The van der Waals surface area contributed by atoms with E-state index in [9.17, 15) is 0 Å². The smallest absolute Gasteiger partial charge is 0.00206 e. The molecule has 45 heavy (non-hydrogen) atoms. The Balaban J connectivity index is 1.17. The van der Waals surface area contributed by atoms with Crippen LogP contribution < -0.4 is 0 Å². The van der Waals surface area contributed by atoms with Gasteiger partial charge in [-0.05, 0) is 122 Å². The van der Waals surface area contributed by atoms with E-state index in [1.807, 2.05) is 0 Å². The van der Waals surface area contributed by atoms with Crippen molar-refractivity contribution in [1.82, 2.24) is 0 Å². The lowest BCUT2D eigenvalue weighted by atomic mass is 9.82. The first-order chi connectivity index (χ1) is 21.8. The molecule has 0 saturated carbocycles. The lowest BCUT2D eigenvalue weighted by Crippen LogP contribution is -2.10. The normalized spacial score (nSPS) is 12.4. The predicted molar refractivity (Wildman–Crippen MR) is 197 cm³/mol. The third-order valence-corrected chi connectivity index (χ3v) is 10.1. The monoisotopic (exact) mass is 574 g/mol. The van der Waals surface area contributed by atoms with Gasteiger partial charge in [-0.3, -0.25) is 0 Å². The first kappa shape index (κ1) is 26.2. The summed E-state index contributed by atoms with van der Waals surface area (Å²) in [7, 11) is 0. The second-order valence-corrected chi connectivity index (χ2v) is 13.8. The third-order valence-electron chi connectivity index (χ3n) is 10.1. The zero-order valence-corrected chi connectivity index (χ0v) is 26.2. The van der Waals surface area contributed by atoms with Crippen LogP contribution in [0.15, 0.2) is 133 Å². The molecule has 0 aliphatic rings. The Bertz CT molecular complexity index is 2610. The summed E-state index contributed by atoms with van der Waals surface area (Å²) >= 11 is 0. The molecule has 0 heterocycles. The van der Waals surface area contributed by atoms with Crippen LogP contribution in [0.1, 0.15) is 31.9 Å². The molecule has 9 aromatic rings. The molecule has 0 atom stereocenters. The van der Waals surface area contributed by atoms with Crippen molar-refractivity contribution in [2.24, 2.45) is 0 Å². The van der Waals surface area contributed by atoms with Crippen molar-refractivity contribution in [3.05, 3.63) is 145 Å². The molecule has 214 valence electrons. The molecule has 0 radical (unpaired) electrons. The molecule has 0 aliphatic carbocycles. The summed E-state index contributed by atoms with van der Waals surface area (Å²) in [5.74, 6) is 0. The van der Waals surface area contributed by atoms with Gasteiger partial charge in [-0.2, -0.15) is 0 Å². The van der Waals surface area contributed by atoms with E-state index in [0.717, 1.165) is 0 Å². The second-order valence-electron chi connectivity index (χ2n) is 13.8. The molecule has 9 aromatic carbocycles. The molecule has 0 aromatic heterocycles. The predicted octanol–water partition coefficient (Wildman–Crippen LogP) is 13.0. The number of hydrogen-bond donors (Lipinski definition) is 0. The fourth-order valence-corrected chi connectivity index (χ4v) is 7.64. The molecule has 0 amide bonds. The van der Waals surface area contributed by atoms with E-state index in [1.54, 1.807) is 0 Å². The van der Waals surface area contributed by atoms with Crippen LogP contribution in [0.5, 0.6) is 0 Å². The summed E-state index contributed by atoms with van der Waals surface area (Å²) in [4.78, 5) is 0. The summed E-state index contributed by atoms with van der Waals surface area (Å²) in [5.41, 5.74) is 7.94. The lowest BCUT2D eigenvalue weighted by molar-refractivity contribution is 0.591. The van der Waals surface area contributed by atoms with Crippen molar-refractivity contribution in [2.45, 2.75) is 33.1 Å². The lowest BCUT2D eigenvalue weighted by Gasteiger charge is -2.22. The standard InChI is InChI=1S/C45H34/c1-27-37-18-14-30(31-15-20-40-33(24-31)11-9-28-7-5-6-8-39(28)40)23-32(37)16-19-38(27)41-21-13-29-10-12-34-25-36(45(2,3)4)26-35-17-22-42(41)44(29)43(34)35/h5-26H,1-4H3. The highest BCUT2D eigenvalue weighted by molar-refractivity contribution is 6.26. The van der Waals surface area contributed by atoms with E-state index < -0.39 is 0 Å². The molecule has 0 N–H and O–H groups in total. The Morgan fingerprint density at radius 3 is 1.69 bits per heavy atom. The van der Waals surface area contributed by atoms with E-state index in [-0.39, 0.29) is 5.41 Å². The maximum atomic E-state index is 2.39. The highest BCUT2D eigenvalue weighted by Gasteiger charge is 2.19. The van der Waals surface area contributed by atoms with Crippen molar-refractivity contribution >= 4 is 64.6 Å². The molecular weight excluding hydrogens is 540 g/mol. The van der Waals surface area contributed by atoms with Gasteiger partial charge in [0.25, 0.3) is 0 Å². The zero-order chi connectivity index (χ0) is 30.4. The molecule has 9 rings (SSSR count). The Morgan fingerprint density at radius 2 is 0.911 bits per heavy atom. The maximum absolute atomic E-state index is 2.39. The van der Waals surface area contributed by atoms with Crippen LogP contribution >= 0.6 is 0 Å². The summed E-state index contributed by atoms with van der Waals surface area (Å²) < 4.78 is 0. The highest BCUT2D eigenvalue weighted by atomic mass is 14.2. The van der Waals surface area contributed by atoms with E-state index in [2.05, 4.69) is 161 Å². The minimum atomic E-state index is 0.112. The van der Waals surface area contributed by atoms with Gasteiger partial charge in [-0.15, -0.1) is 0 Å².